The van der Waals surface area contributed by atoms with Gasteiger partial charge in [-0.2, -0.15) is 0 Å². The number of aliphatic hydroxyl groups excluding tert-OH is 2. The molecule has 6 N–H and O–H groups in total. The third-order valence-corrected chi connectivity index (χ3v) is 30.2. The monoisotopic (exact) mass is 1450 g/mol. The van der Waals surface area contributed by atoms with Gasteiger partial charge in [-0.1, -0.05) is 277 Å². The molecule has 23 heteroatoms. The fraction of sp³-hybridized carbons (Fsp3) is 0.358. The molecule has 0 spiro atoms. The fourth-order valence-corrected chi connectivity index (χ4v) is 23.9. The zero-order chi connectivity index (χ0) is 72.6. The summed E-state index contributed by atoms with van der Waals surface area (Å²) in [6.45, 7) is 9.73. The van der Waals surface area contributed by atoms with Crippen molar-refractivity contribution in [3.8, 4) is 0 Å². The third kappa shape index (κ3) is 15.8. The fourth-order valence-electron chi connectivity index (χ4n) is 15.6. The van der Waals surface area contributed by atoms with Crippen LogP contribution in [0, 0.1) is 5.92 Å². The zero-order valence-electron chi connectivity index (χ0n) is 58.7. The average Bonchev–Trinajstić information content (AvgIpc) is 1.02. The predicted octanol–water partition coefficient (Wildman–Crippen LogP) is 9.25. The minimum Gasteiger partial charge on any atom is -0.445 e. The van der Waals surface area contributed by atoms with Crippen LogP contribution in [0.15, 0.2) is 243 Å². The lowest BCUT2D eigenvalue weighted by Crippen LogP contribution is -2.70. The Bertz CT molecular complexity index is 4050. The van der Waals surface area contributed by atoms with E-state index < -0.39 is 143 Å². The first-order chi connectivity index (χ1) is 50.3. The van der Waals surface area contributed by atoms with E-state index in [0.717, 1.165) is 21.5 Å². The van der Waals surface area contributed by atoms with Gasteiger partial charge in [0.25, 0.3) is 16.6 Å². The van der Waals surface area contributed by atoms with Gasteiger partial charge in [-0.05, 0) is 60.4 Å². The van der Waals surface area contributed by atoms with E-state index in [-0.39, 0.29) is 45.8 Å². The molecule has 8 aromatic rings. The molecule has 4 amide bonds. The summed E-state index contributed by atoms with van der Waals surface area (Å²) >= 11 is 0. The molecule has 4 heterocycles. The number of nitrogens with zero attached hydrogens (tertiary/aromatic N) is 1. The van der Waals surface area contributed by atoms with Gasteiger partial charge in [0.2, 0.25) is 0 Å². The van der Waals surface area contributed by atoms with Crippen LogP contribution in [0.5, 0.6) is 0 Å². The second-order valence-electron chi connectivity index (χ2n) is 28.9. The first kappa shape index (κ1) is 73.2. The molecule has 4 aliphatic heterocycles. The molecule has 1 aliphatic carbocycles. The average molecular weight is 1450 g/mol. The van der Waals surface area contributed by atoms with Gasteiger partial charge in [0.05, 0.1) is 31.3 Å². The number of fused-ring (bicyclic) bond motifs is 2. The molecule has 0 aromatic heterocycles. The number of ether oxygens (including phenoxy) is 9. The quantitative estimate of drug-likeness (QED) is 0.0257. The highest BCUT2D eigenvalue weighted by Gasteiger charge is 2.62. The highest BCUT2D eigenvalue weighted by molar-refractivity contribution is 6.99. The van der Waals surface area contributed by atoms with Gasteiger partial charge in [-0.3, -0.25) is 4.90 Å². The SMILES string of the molecule is CC(C)(C[C@H]1[C@H](O[C@H]2[C@H](O)[C@@H](NC(=O)OCc3ccccc3)C[C@H]3NC(=O)O[C@H]23)O[C@H](CO[Si](c2ccccc2)(c2ccccc2)C(C)(C)C)[C@H]1O[C@H]1O[C@H]2CN(C(=O)OCc3ccccc3)C(c3ccccc3)O[C@H]2[C@H](O)[C@H]1NC(=O)OCc1ccccc1)[Si](O)(c1ccccc1)c1ccccc1. The number of hydrogen-bond donors (Lipinski definition) is 6. The summed E-state index contributed by atoms with van der Waals surface area (Å²) < 4.78 is 68.1. The maximum Gasteiger partial charge on any atom is 0.412 e. The Hall–Kier alpha value is -9.09. The summed E-state index contributed by atoms with van der Waals surface area (Å²) in [6, 6.07) is 72.3. The van der Waals surface area contributed by atoms with Crippen LogP contribution in [0.3, 0.4) is 0 Å². The summed E-state index contributed by atoms with van der Waals surface area (Å²) in [7, 11) is -7.54. The van der Waals surface area contributed by atoms with Crippen molar-refractivity contribution < 1.29 is 81.2 Å². The third-order valence-electron chi connectivity index (χ3n) is 20.7. The molecule has 1 saturated carbocycles. The molecule has 15 atom stereocenters. The highest BCUT2D eigenvalue weighted by Crippen LogP contribution is 2.50. The van der Waals surface area contributed by atoms with Gasteiger partial charge < -0.3 is 78.0 Å². The second kappa shape index (κ2) is 32.1. The lowest BCUT2D eigenvalue weighted by atomic mass is 9.83. The summed E-state index contributed by atoms with van der Waals surface area (Å²) in [5.41, 5.74) is 2.74. The molecule has 1 unspecified atom stereocenters. The van der Waals surface area contributed by atoms with Crippen molar-refractivity contribution >= 4 is 61.8 Å². The number of carbonyl (C=O) groups excluding carboxylic acids is 4. The van der Waals surface area contributed by atoms with E-state index in [1.165, 1.54) is 4.90 Å². The number of rotatable bonds is 23. The molecule has 0 bridgehead atoms. The van der Waals surface area contributed by atoms with E-state index in [1.54, 1.807) is 12.1 Å². The van der Waals surface area contributed by atoms with Gasteiger partial charge >= 0.3 is 24.4 Å². The minimum absolute atomic E-state index is 0.0223. The number of benzene rings is 8. The molecule has 104 heavy (non-hydrogen) atoms. The van der Waals surface area contributed by atoms with Crippen molar-refractivity contribution in [1.82, 2.24) is 20.9 Å². The first-order valence-electron chi connectivity index (χ1n) is 35.4. The summed E-state index contributed by atoms with van der Waals surface area (Å²) in [6.07, 6.45) is -18.1. The number of carbonyl (C=O) groups is 4. The Kier molecular flexibility index (Phi) is 22.6. The number of amides is 4. The number of aliphatic hydroxyl groups is 2. The summed E-state index contributed by atoms with van der Waals surface area (Å²) in [5.74, 6) is -1.05. The largest absolute Gasteiger partial charge is 0.445 e. The molecule has 13 rings (SSSR count). The lowest BCUT2D eigenvalue weighted by Gasteiger charge is -2.51. The van der Waals surface area contributed by atoms with Crippen LogP contribution in [0.4, 0.5) is 19.2 Å². The van der Waals surface area contributed by atoms with Crippen LogP contribution in [0.1, 0.15) is 75.9 Å². The van der Waals surface area contributed by atoms with Crippen LogP contribution in [0.25, 0.3) is 0 Å². The smallest absolute Gasteiger partial charge is 0.412 e. The normalized spacial score (nSPS) is 26.2. The topological polar surface area (TPSA) is 261 Å². The maximum absolute atomic E-state index is 14.7. The van der Waals surface area contributed by atoms with Crippen LogP contribution >= 0.6 is 0 Å². The number of nitrogens with one attached hydrogen (secondary N) is 3. The lowest BCUT2D eigenvalue weighted by molar-refractivity contribution is -0.321. The Morgan fingerprint density at radius 3 is 1.52 bits per heavy atom. The van der Waals surface area contributed by atoms with E-state index in [2.05, 4.69) is 61.0 Å². The number of alkyl carbamates (subject to hydrolysis) is 3. The van der Waals surface area contributed by atoms with Crippen molar-refractivity contribution in [2.75, 3.05) is 13.2 Å². The van der Waals surface area contributed by atoms with Crippen molar-refractivity contribution in [3.63, 3.8) is 0 Å². The van der Waals surface area contributed by atoms with E-state index in [4.69, 9.17) is 47.1 Å². The van der Waals surface area contributed by atoms with Gasteiger partial charge in [0.1, 0.15) is 62.5 Å². The van der Waals surface area contributed by atoms with E-state index >= 15 is 0 Å². The van der Waals surface area contributed by atoms with Crippen molar-refractivity contribution in [1.29, 1.82) is 0 Å². The zero-order valence-corrected chi connectivity index (χ0v) is 60.7. The molecular formula is C81H90N4O17Si2. The predicted molar refractivity (Wildman–Crippen MR) is 391 cm³/mol. The molecular weight excluding hydrogens is 1360 g/mol. The molecule has 5 fully saturated rings. The second-order valence-corrected chi connectivity index (χ2v) is 37.1. The standard InChI is InChI=1S/C81H90N4O17Si2/c1-80(2,3)104(59-42-26-12-27-43-59,60-44-28-13-29-45-60)96-52-65-69(100-75-66(84-77(89)94-50-54-32-16-7-17-33-54)68(87)71-64(97-75)48-85(73(99-71)56-36-20-9-21-37-56)79(91)95-51-55-34-18-8-19-35-55)61(47-81(4,5)103(92,57-38-22-10-23-39-57)58-40-24-11-25-41-58)74(98-65)101-72-67(86)62(46-63-70(72)102-78(90)83-63)82-76(88)93-49-53-30-14-6-15-31-53/h6-45,61-75,86-87,92H,46-52H2,1-5H3,(H,82,88)(H,83,90)(H,84,89)/t61-,62+,63-,64+,65-,66-,67-,68-,69+,70+,71-,72+,73?,74+,75-/m1/s1. The maximum atomic E-state index is 14.7. The van der Waals surface area contributed by atoms with Gasteiger partial charge in [0.15, 0.2) is 24.9 Å². The van der Waals surface area contributed by atoms with E-state index in [0.29, 0.717) is 21.5 Å². The Morgan fingerprint density at radius 2 is 1.01 bits per heavy atom. The molecule has 8 aromatic carbocycles. The molecule has 4 saturated heterocycles. The summed E-state index contributed by atoms with van der Waals surface area (Å²) in [5, 5.41) is 36.4. The summed E-state index contributed by atoms with van der Waals surface area (Å²) in [4.78, 5) is 72.3. The number of hydrogen-bond acceptors (Lipinski definition) is 17. The van der Waals surface area contributed by atoms with Gasteiger partial charge in [0, 0.05) is 11.5 Å². The Labute approximate surface area is 607 Å². The van der Waals surface area contributed by atoms with Gasteiger partial charge in [-0.25, -0.2) is 19.2 Å². The Balaban J connectivity index is 0.940. The van der Waals surface area contributed by atoms with Crippen LogP contribution in [0.2, 0.25) is 10.1 Å². The molecule has 0 radical (unpaired) electrons. The molecule has 21 nitrogen and oxygen atoms in total. The highest BCUT2D eigenvalue weighted by atomic mass is 28.4. The van der Waals surface area contributed by atoms with Gasteiger partial charge in [-0.15, -0.1) is 0 Å². The van der Waals surface area contributed by atoms with Crippen LogP contribution in [-0.4, -0.2) is 154 Å². The van der Waals surface area contributed by atoms with Crippen molar-refractivity contribution in [2.45, 2.75) is 163 Å². The van der Waals surface area contributed by atoms with Crippen LogP contribution in [-0.2, 0) is 66.9 Å². The first-order valence-corrected chi connectivity index (χ1v) is 39.3. The van der Waals surface area contributed by atoms with E-state index in [1.807, 2.05) is 220 Å². The minimum atomic E-state index is -4.03. The molecule has 544 valence electrons. The Morgan fingerprint density at radius 1 is 0.548 bits per heavy atom. The van der Waals surface area contributed by atoms with Crippen LogP contribution < -0.4 is 36.7 Å². The van der Waals surface area contributed by atoms with Crippen molar-refractivity contribution in [3.05, 3.63) is 265 Å². The molecule has 5 aliphatic rings. The van der Waals surface area contributed by atoms with E-state index in [9.17, 15) is 34.2 Å². The van der Waals surface area contributed by atoms with Crippen molar-refractivity contribution in [2.24, 2.45) is 5.92 Å².